The molecule has 0 aliphatic carbocycles. The van der Waals surface area contributed by atoms with E-state index in [0.29, 0.717) is 0 Å². The highest BCUT2D eigenvalue weighted by molar-refractivity contribution is 7.93. The normalized spacial score (nSPS) is 11.3. The summed E-state index contributed by atoms with van der Waals surface area (Å²) in [6.45, 7) is 1.52. The van der Waals surface area contributed by atoms with Gasteiger partial charge in [0.2, 0.25) is 0 Å². The molecule has 0 bridgehead atoms. The third-order valence-electron chi connectivity index (χ3n) is 2.64. The number of carboxylic acids is 1. The molecule has 7 nitrogen and oxygen atoms in total. The van der Waals surface area contributed by atoms with E-state index < -0.39 is 16.0 Å². The van der Waals surface area contributed by atoms with Gasteiger partial charge in [-0.05, 0) is 30.6 Å². The lowest BCUT2D eigenvalue weighted by Crippen LogP contribution is -2.27. The van der Waals surface area contributed by atoms with E-state index in [1.165, 1.54) is 38.5 Å². The third-order valence-corrected chi connectivity index (χ3v) is 5.51. The molecule has 106 valence electrons. The van der Waals surface area contributed by atoms with E-state index in [-0.39, 0.29) is 21.2 Å². The zero-order valence-electron chi connectivity index (χ0n) is 10.6. The Morgan fingerprint density at radius 2 is 2.15 bits per heavy atom. The number of anilines is 1. The first-order valence-electron chi connectivity index (χ1n) is 5.44. The van der Waals surface area contributed by atoms with Crippen molar-refractivity contribution in [2.45, 2.75) is 11.8 Å². The van der Waals surface area contributed by atoms with Crippen molar-refractivity contribution >= 4 is 32.5 Å². The summed E-state index contributed by atoms with van der Waals surface area (Å²) in [6.07, 6.45) is 2.67. The average molecular weight is 313 g/mol. The van der Waals surface area contributed by atoms with Crippen LogP contribution in [0, 0.1) is 6.92 Å². The smallest absolute Gasteiger partial charge is 0.340 e. The van der Waals surface area contributed by atoms with Gasteiger partial charge in [0.15, 0.2) is 0 Å². The maximum Gasteiger partial charge on any atom is 0.340 e. The Hall–Kier alpha value is -2.00. The molecule has 2 aromatic rings. The first-order valence-corrected chi connectivity index (χ1v) is 7.65. The summed E-state index contributed by atoms with van der Waals surface area (Å²) in [5.41, 5.74) is 0.177. The van der Waals surface area contributed by atoms with Crippen molar-refractivity contribution in [3.8, 4) is 0 Å². The van der Waals surface area contributed by atoms with Crippen LogP contribution in [0.4, 0.5) is 5.00 Å². The van der Waals surface area contributed by atoms with Crippen LogP contribution in [-0.4, -0.2) is 35.9 Å². The second-order valence-electron chi connectivity index (χ2n) is 3.91. The molecule has 0 amide bonds. The van der Waals surface area contributed by atoms with Gasteiger partial charge in [0, 0.05) is 19.4 Å². The molecular formula is C11H11N3O4S2. The molecule has 0 aliphatic rings. The SMILES string of the molecule is Cc1nsc(N(C)S(=O)(=O)c2cccnc2)c1C(=O)O. The molecule has 2 aromatic heterocycles. The van der Waals surface area contributed by atoms with Crippen molar-refractivity contribution in [3.63, 3.8) is 0 Å². The lowest BCUT2D eigenvalue weighted by atomic mass is 10.2. The summed E-state index contributed by atoms with van der Waals surface area (Å²) < 4.78 is 29.6. The molecule has 0 radical (unpaired) electrons. The second kappa shape index (κ2) is 5.17. The molecule has 2 heterocycles. The number of hydrogen-bond donors (Lipinski definition) is 1. The molecule has 0 saturated carbocycles. The van der Waals surface area contributed by atoms with E-state index >= 15 is 0 Å². The molecule has 0 saturated heterocycles. The van der Waals surface area contributed by atoms with Crippen LogP contribution < -0.4 is 4.31 Å². The lowest BCUT2D eigenvalue weighted by molar-refractivity contribution is 0.0697. The Balaban J connectivity index is 2.52. The number of hydrogen-bond acceptors (Lipinski definition) is 6. The topological polar surface area (TPSA) is 100 Å². The Kier molecular flexibility index (Phi) is 3.73. The highest BCUT2D eigenvalue weighted by Gasteiger charge is 2.28. The van der Waals surface area contributed by atoms with Gasteiger partial charge in [0.05, 0.1) is 5.69 Å². The molecule has 1 N–H and O–H groups in total. The van der Waals surface area contributed by atoms with Crippen LogP contribution in [0.25, 0.3) is 0 Å². The zero-order valence-corrected chi connectivity index (χ0v) is 12.3. The largest absolute Gasteiger partial charge is 0.478 e. The number of aromatic nitrogens is 2. The van der Waals surface area contributed by atoms with Crippen LogP contribution >= 0.6 is 11.5 Å². The Morgan fingerprint density at radius 1 is 1.45 bits per heavy atom. The van der Waals surface area contributed by atoms with Crippen LogP contribution in [0.3, 0.4) is 0 Å². The Morgan fingerprint density at radius 3 is 2.70 bits per heavy atom. The van der Waals surface area contributed by atoms with Gasteiger partial charge in [0.25, 0.3) is 10.0 Å². The summed E-state index contributed by atoms with van der Waals surface area (Å²) in [5, 5.41) is 9.22. The van der Waals surface area contributed by atoms with E-state index in [1.807, 2.05) is 0 Å². The van der Waals surface area contributed by atoms with Crippen molar-refractivity contribution in [3.05, 3.63) is 35.8 Å². The zero-order chi connectivity index (χ0) is 14.9. The van der Waals surface area contributed by atoms with Gasteiger partial charge in [-0.2, -0.15) is 4.37 Å². The number of aromatic carboxylic acids is 1. The standard InChI is InChI=1S/C11H11N3O4S2/c1-7-9(11(15)16)10(19-13-7)14(2)20(17,18)8-4-3-5-12-6-8/h3-6H,1-2H3,(H,15,16). The minimum Gasteiger partial charge on any atom is -0.478 e. The summed E-state index contributed by atoms with van der Waals surface area (Å²) >= 11 is 0.830. The van der Waals surface area contributed by atoms with Crippen molar-refractivity contribution in [2.24, 2.45) is 0 Å². The third kappa shape index (κ3) is 2.37. The Bertz CT molecular complexity index is 740. The van der Waals surface area contributed by atoms with Gasteiger partial charge in [0.1, 0.15) is 15.5 Å². The van der Waals surface area contributed by atoms with Gasteiger partial charge in [-0.25, -0.2) is 13.2 Å². The number of nitrogens with zero attached hydrogens (tertiary/aromatic N) is 3. The minimum atomic E-state index is -3.86. The fourth-order valence-electron chi connectivity index (χ4n) is 1.59. The van der Waals surface area contributed by atoms with Crippen molar-refractivity contribution in [1.29, 1.82) is 0 Å². The van der Waals surface area contributed by atoms with Gasteiger partial charge < -0.3 is 5.11 Å². The molecule has 0 unspecified atom stereocenters. The quantitative estimate of drug-likeness (QED) is 0.915. The van der Waals surface area contributed by atoms with E-state index in [4.69, 9.17) is 5.11 Å². The second-order valence-corrected chi connectivity index (χ2v) is 6.64. The van der Waals surface area contributed by atoms with Gasteiger partial charge in [-0.1, -0.05) is 0 Å². The van der Waals surface area contributed by atoms with Gasteiger partial charge >= 0.3 is 5.97 Å². The van der Waals surface area contributed by atoms with Gasteiger partial charge in [-0.3, -0.25) is 9.29 Å². The molecule has 0 spiro atoms. The monoisotopic (exact) mass is 313 g/mol. The average Bonchev–Trinajstić information content (AvgIpc) is 2.80. The lowest BCUT2D eigenvalue weighted by Gasteiger charge is -2.17. The molecule has 0 aliphatic heterocycles. The van der Waals surface area contributed by atoms with Crippen LogP contribution in [0.15, 0.2) is 29.4 Å². The highest BCUT2D eigenvalue weighted by atomic mass is 32.2. The van der Waals surface area contributed by atoms with Crippen LogP contribution in [-0.2, 0) is 10.0 Å². The van der Waals surface area contributed by atoms with Gasteiger partial charge in [-0.15, -0.1) is 0 Å². The highest BCUT2D eigenvalue weighted by Crippen LogP contribution is 2.31. The van der Waals surface area contributed by atoms with Crippen molar-refractivity contribution in [1.82, 2.24) is 9.36 Å². The molecule has 2 rings (SSSR count). The van der Waals surface area contributed by atoms with E-state index in [9.17, 15) is 13.2 Å². The summed E-state index contributed by atoms with van der Waals surface area (Å²) in [4.78, 5) is 15.0. The number of carboxylic acid groups (broad SMARTS) is 1. The summed E-state index contributed by atoms with van der Waals surface area (Å²) in [5.74, 6) is -1.21. The minimum absolute atomic E-state index is 0.00936. The van der Waals surface area contributed by atoms with Crippen LogP contribution in [0.1, 0.15) is 16.1 Å². The molecule has 0 atom stereocenters. The van der Waals surface area contributed by atoms with E-state index in [1.54, 1.807) is 0 Å². The van der Waals surface area contributed by atoms with E-state index in [2.05, 4.69) is 9.36 Å². The number of rotatable bonds is 4. The first-order chi connectivity index (χ1) is 9.35. The molecule has 9 heteroatoms. The first kappa shape index (κ1) is 14.4. The Labute approximate surface area is 119 Å². The van der Waals surface area contributed by atoms with E-state index in [0.717, 1.165) is 15.8 Å². The molecule has 0 aromatic carbocycles. The predicted molar refractivity (Wildman–Crippen MR) is 73.6 cm³/mol. The predicted octanol–water partition coefficient (Wildman–Crippen LogP) is 1.37. The summed E-state index contributed by atoms with van der Waals surface area (Å²) in [7, 11) is -2.56. The molecule has 0 fully saturated rings. The number of carbonyl (C=O) groups is 1. The van der Waals surface area contributed by atoms with Crippen LogP contribution in [0.5, 0.6) is 0 Å². The maximum absolute atomic E-state index is 12.4. The molecular weight excluding hydrogens is 302 g/mol. The van der Waals surface area contributed by atoms with Crippen LogP contribution in [0.2, 0.25) is 0 Å². The fourth-order valence-corrected chi connectivity index (χ4v) is 3.81. The summed E-state index contributed by atoms with van der Waals surface area (Å²) in [6, 6.07) is 2.89. The van der Waals surface area contributed by atoms with Crippen molar-refractivity contribution < 1.29 is 18.3 Å². The molecule has 20 heavy (non-hydrogen) atoms. The number of pyridine rings is 1. The number of sulfonamides is 1. The van der Waals surface area contributed by atoms with Crippen molar-refractivity contribution in [2.75, 3.05) is 11.4 Å². The number of aryl methyl sites for hydroxylation is 1. The fraction of sp³-hybridized carbons (Fsp3) is 0.182. The maximum atomic E-state index is 12.4.